The van der Waals surface area contributed by atoms with E-state index in [1.54, 1.807) is 0 Å². The number of aliphatic hydroxyl groups excluding tert-OH is 1. The van der Waals surface area contributed by atoms with Crippen LogP contribution in [0.1, 0.15) is 32.6 Å². The number of hydrogen-bond acceptors (Lipinski definition) is 1. The summed E-state index contributed by atoms with van der Waals surface area (Å²) in [7, 11) is 0. The molecule has 9 heavy (non-hydrogen) atoms. The zero-order chi connectivity index (χ0) is 6.69. The van der Waals surface area contributed by atoms with E-state index in [9.17, 15) is 0 Å². The van der Waals surface area contributed by atoms with E-state index in [1.807, 2.05) is 0 Å². The van der Waals surface area contributed by atoms with Crippen molar-refractivity contribution in [3.63, 3.8) is 0 Å². The zero-order valence-electron chi connectivity index (χ0n) is 6.14. The predicted octanol–water partition coefficient (Wildman–Crippen LogP) is 1.80. The maximum Gasteiger partial charge on any atom is 0.0459 e. The van der Waals surface area contributed by atoms with Crippen LogP contribution in [-0.2, 0) is 0 Å². The second-order valence-electron chi connectivity index (χ2n) is 3.20. The molecule has 1 rings (SSSR count). The molecule has 54 valence electrons. The van der Waals surface area contributed by atoms with Gasteiger partial charge in [0.15, 0.2) is 0 Å². The Labute approximate surface area is 57.1 Å². The van der Waals surface area contributed by atoms with Gasteiger partial charge < -0.3 is 5.11 Å². The fourth-order valence-corrected chi connectivity index (χ4v) is 1.68. The van der Waals surface area contributed by atoms with E-state index >= 15 is 0 Å². The van der Waals surface area contributed by atoms with Crippen LogP contribution in [0, 0.1) is 11.8 Å². The maximum absolute atomic E-state index is 8.80. The van der Waals surface area contributed by atoms with Crippen molar-refractivity contribution in [1.82, 2.24) is 0 Å². The van der Waals surface area contributed by atoms with Crippen LogP contribution in [0.25, 0.3) is 0 Å². The quantitative estimate of drug-likeness (QED) is 0.601. The highest BCUT2D eigenvalue weighted by Crippen LogP contribution is 2.30. The molecule has 1 atom stereocenters. The van der Waals surface area contributed by atoms with Crippen molar-refractivity contribution in [1.29, 1.82) is 0 Å². The molecule has 0 aromatic carbocycles. The summed E-state index contributed by atoms with van der Waals surface area (Å²) in [6.07, 6.45) is 5.47. The average Bonchev–Trinajstić information content (AvgIpc) is 2.37. The molecule has 0 heterocycles. The summed E-state index contributed by atoms with van der Waals surface area (Å²) in [6.45, 7) is 2.53. The van der Waals surface area contributed by atoms with Crippen LogP contribution in [0.3, 0.4) is 0 Å². The van der Waals surface area contributed by atoms with Crippen molar-refractivity contribution in [3.05, 3.63) is 0 Å². The maximum atomic E-state index is 8.80. The van der Waals surface area contributed by atoms with Crippen LogP contribution in [0.4, 0.5) is 0 Å². The molecule has 1 aliphatic carbocycles. The second kappa shape index (κ2) is 3.21. The van der Waals surface area contributed by atoms with Gasteiger partial charge in [0.25, 0.3) is 0 Å². The van der Waals surface area contributed by atoms with E-state index in [4.69, 9.17) is 5.11 Å². The van der Waals surface area contributed by atoms with Crippen molar-refractivity contribution in [2.45, 2.75) is 32.6 Å². The van der Waals surface area contributed by atoms with Crippen LogP contribution in [-0.4, -0.2) is 11.7 Å². The van der Waals surface area contributed by atoms with E-state index in [-0.39, 0.29) is 0 Å². The largest absolute Gasteiger partial charge is 0.396 e. The zero-order valence-corrected chi connectivity index (χ0v) is 6.14. The molecule has 0 aromatic rings. The van der Waals surface area contributed by atoms with Gasteiger partial charge in [-0.2, -0.15) is 0 Å². The highest BCUT2D eigenvalue weighted by Gasteiger charge is 2.20. The lowest BCUT2D eigenvalue weighted by Gasteiger charge is -2.14. The average molecular weight is 128 g/mol. The highest BCUT2D eigenvalue weighted by atomic mass is 16.3. The Morgan fingerprint density at radius 1 is 1.44 bits per heavy atom. The third-order valence-corrected chi connectivity index (χ3v) is 2.49. The van der Waals surface area contributed by atoms with E-state index in [2.05, 4.69) is 6.92 Å². The van der Waals surface area contributed by atoms with Gasteiger partial charge in [-0.15, -0.1) is 0 Å². The Balaban J connectivity index is 2.24. The predicted molar refractivity (Wildman–Crippen MR) is 38.2 cm³/mol. The first kappa shape index (κ1) is 7.07. The van der Waals surface area contributed by atoms with Gasteiger partial charge in [0, 0.05) is 6.61 Å². The summed E-state index contributed by atoms with van der Waals surface area (Å²) in [6, 6.07) is 0. The molecule has 0 unspecified atom stereocenters. The summed E-state index contributed by atoms with van der Waals surface area (Å²) in [5.74, 6) is 1.38. The Bertz CT molecular complexity index is 74.6. The molecule has 0 aromatic heterocycles. The standard InChI is InChI=1S/C8H16O/c1-7(6-9)8-4-2-3-5-8/h7-9H,2-6H2,1H3/t7-/m0/s1. The lowest BCUT2D eigenvalue weighted by molar-refractivity contribution is 0.190. The summed E-state index contributed by atoms with van der Waals surface area (Å²) in [5.41, 5.74) is 0. The first-order valence-corrected chi connectivity index (χ1v) is 3.95. The molecule has 0 aliphatic heterocycles. The summed E-state index contributed by atoms with van der Waals surface area (Å²) >= 11 is 0. The van der Waals surface area contributed by atoms with Crippen molar-refractivity contribution >= 4 is 0 Å². The van der Waals surface area contributed by atoms with E-state index in [1.165, 1.54) is 25.7 Å². The molecule has 1 N–H and O–H groups in total. The third-order valence-electron chi connectivity index (χ3n) is 2.49. The van der Waals surface area contributed by atoms with Crippen molar-refractivity contribution in [2.75, 3.05) is 6.61 Å². The fourth-order valence-electron chi connectivity index (χ4n) is 1.68. The minimum Gasteiger partial charge on any atom is -0.396 e. The minimum atomic E-state index is 0.380. The fraction of sp³-hybridized carbons (Fsp3) is 1.00. The number of hydrogen-bond donors (Lipinski definition) is 1. The molecule has 0 radical (unpaired) electrons. The van der Waals surface area contributed by atoms with Gasteiger partial charge in [-0.05, 0) is 11.8 Å². The summed E-state index contributed by atoms with van der Waals surface area (Å²) < 4.78 is 0. The molecule has 0 bridgehead atoms. The van der Waals surface area contributed by atoms with Gasteiger partial charge in [0.2, 0.25) is 0 Å². The molecule has 0 amide bonds. The molecule has 1 fully saturated rings. The summed E-state index contributed by atoms with van der Waals surface area (Å²) in [4.78, 5) is 0. The van der Waals surface area contributed by atoms with E-state index in [0.717, 1.165) is 5.92 Å². The Morgan fingerprint density at radius 2 is 2.00 bits per heavy atom. The highest BCUT2D eigenvalue weighted by molar-refractivity contribution is 4.71. The van der Waals surface area contributed by atoms with Crippen molar-refractivity contribution < 1.29 is 5.11 Å². The van der Waals surface area contributed by atoms with Gasteiger partial charge >= 0.3 is 0 Å². The lowest BCUT2D eigenvalue weighted by atomic mass is 9.94. The van der Waals surface area contributed by atoms with Gasteiger partial charge in [-0.25, -0.2) is 0 Å². The molecule has 0 saturated heterocycles. The molecular weight excluding hydrogens is 112 g/mol. The van der Waals surface area contributed by atoms with Crippen LogP contribution in [0.15, 0.2) is 0 Å². The molecule has 1 aliphatic rings. The third kappa shape index (κ3) is 1.68. The van der Waals surface area contributed by atoms with Crippen molar-refractivity contribution in [3.8, 4) is 0 Å². The van der Waals surface area contributed by atoms with Crippen LogP contribution >= 0.6 is 0 Å². The van der Waals surface area contributed by atoms with Crippen LogP contribution < -0.4 is 0 Å². The lowest BCUT2D eigenvalue weighted by Crippen LogP contribution is -2.11. The van der Waals surface area contributed by atoms with Crippen LogP contribution in [0.2, 0.25) is 0 Å². The molecule has 0 spiro atoms. The SMILES string of the molecule is C[C@@H](CO)C1CCCC1. The summed E-state index contributed by atoms with van der Waals surface area (Å²) in [5, 5.41) is 8.80. The monoisotopic (exact) mass is 128 g/mol. The molecule has 1 saturated carbocycles. The van der Waals surface area contributed by atoms with Gasteiger partial charge in [-0.1, -0.05) is 32.6 Å². The first-order chi connectivity index (χ1) is 4.34. The smallest absolute Gasteiger partial charge is 0.0459 e. The van der Waals surface area contributed by atoms with Gasteiger partial charge in [0.05, 0.1) is 0 Å². The Hall–Kier alpha value is -0.0400. The van der Waals surface area contributed by atoms with Gasteiger partial charge in [-0.3, -0.25) is 0 Å². The molecular formula is C8H16O. The van der Waals surface area contributed by atoms with E-state index < -0.39 is 0 Å². The van der Waals surface area contributed by atoms with Crippen LogP contribution in [0.5, 0.6) is 0 Å². The minimum absolute atomic E-state index is 0.380. The normalized spacial score (nSPS) is 24.7. The topological polar surface area (TPSA) is 20.2 Å². The first-order valence-electron chi connectivity index (χ1n) is 3.95. The second-order valence-corrected chi connectivity index (χ2v) is 3.20. The van der Waals surface area contributed by atoms with E-state index in [0.29, 0.717) is 12.5 Å². The Morgan fingerprint density at radius 3 is 2.44 bits per heavy atom. The van der Waals surface area contributed by atoms with Crippen molar-refractivity contribution in [2.24, 2.45) is 11.8 Å². The Kier molecular flexibility index (Phi) is 2.52. The number of aliphatic hydroxyl groups is 1. The van der Waals surface area contributed by atoms with Gasteiger partial charge in [0.1, 0.15) is 0 Å². The molecule has 1 heteroatoms. The molecule has 1 nitrogen and oxygen atoms in total. The number of rotatable bonds is 2.